The van der Waals surface area contributed by atoms with Gasteiger partial charge in [0, 0.05) is 58.1 Å². The van der Waals surface area contributed by atoms with Crippen LogP contribution in [0.5, 0.6) is 0 Å². The van der Waals surface area contributed by atoms with Gasteiger partial charge in [0.15, 0.2) is 0 Å². The van der Waals surface area contributed by atoms with Gasteiger partial charge in [0.2, 0.25) is 0 Å². The Morgan fingerprint density at radius 3 is 2.48 bits per heavy atom. The molecule has 0 aliphatic heterocycles. The Morgan fingerprint density at radius 2 is 1.74 bits per heavy atom. The van der Waals surface area contributed by atoms with Crippen molar-refractivity contribution in [2.75, 3.05) is 32.9 Å². The number of thioether (sulfide) groups is 1. The van der Waals surface area contributed by atoms with Crippen LogP contribution in [0.3, 0.4) is 0 Å². The number of amides is 1. The number of aromatic amines is 1. The Balaban J connectivity index is 1.38. The van der Waals surface area contributed by atoms with Gasteiger partial charge in [0.25, 0.3) is 11.5 Å². The maximum atomic E-state index is 14.1. The Kier molecular flexibility index (Phi) is 8.65. The first-order chi connectivity index (χ1) is 20.2. The van der Waals surface area contributed by atoms with Gasteiger partial charge in [-0.2, -0.15) is 0 Å². The highest BCUT2D eigenvalue weighted by Crippen LogP contribution is 2.32. The molecule has 4 N–H and O–H groups in total. The van der Waals surface area contributed by atoms with Crippen molar-refractivity contribution in [3.05, 3.63) is 112 Å². The number of nitrogens with two attached hydrogens (primary N) is 1. The average molecular weight is 586 g/mol. The van der Waals surface area contributed by atoms with E-state index in [2.05, 4.69) is 15.3 Å². The van der Waals surface area contributed by atoms with Gasteiger partial charge < -0.3 is 20.9 Å². The largest absolute Gasteiger partial charge is 0.383 e. The van der Waals surface area contributed by atoms with Crippen LogP contribution in [0.4, 0.5) is 14.6 Å². The molecule has 0 saturated carbocycles. The first kappa shape index (κ1) is 29.0. The van der Waals surface area contributed by atoms with Crippen molar-refractivity contribution in [1.29, 1.82) is 0 Å². The van der Waals surface area contributed by atoms with Gasteiger partial charge in [0.05, 0.1) is 5.52 Å². The van der Waals surface area contributed by atoms with Crippen molar-refractivity contribution in [2.45, 2.75) is 10.6 Å². The molecule has 0 bridgehead atoms. The fraction of sp³-hybridized carbons (Fsp3) is 0.156. The van der Waals surface area contributed by atoms with Gasteiger partial charge in [-0.25, -0.2) is 13.8 Å². The number of anilines is 1. The lowest BCUT2D eigenvalue weighted by atomic mass is 9.99. The number of hydrogen-bond donors (Lipinski definition) is 3. The molecule has 0 unspecified atom stereocenters. The summed E-state index contributed by atoms with van der Waals surface area (Å²) in [5.41, 5.74) is 10.9. The first-order valence-corrected chi connectivity index (χ1v) is 14.2. The van der Waals surface area contributed by atoms with Crippen LogP contribution in [0.25, 0.3) is 33.2 Å². The molecule has 0 atom stereocenters. The van der Waals surface area contributed by atoms with Gasteiger partial charge in [0.1, 0.15) is 17.5 Å². The molecular formula is C32H29F2N5O2S. The molecule has 0 radical (unpaired) electrons. The molecule has 0 spiro atoms. The molecule has 2 heterocycles. The number of nitrogens with zero attached hydrogens (tertiary/aromatic N) is 2. The fourth-order valence-electron chi connectivity index (χ4n) is 4.45. The SMILES string of the molecule is CN(C)CCNC(=O)c1ccc(-c2cc3cc(-c4c[nH]c(=O)c(CSc5ccc(F)cc5F)c4)ccc3nc2N)cc1. The summed E-state index contributed by atoms with van der Waals surface area (Å²) in [5, 5.41) is 3.75. The predicted octanol–water partition coefficient (Wildman–Crippen LogP) is 5.70. The molecule has 2 aromatic heterocycles. The molecule has 0 aliphatic carbocycles. The van der Waals surface area contributed by atoms with Gasteiger partial charge in [-0.3, -0.25) is 9.59 Å². The van der Waals surface area contributed by atoms with Gasteiger partial charge in [-0.05, 0) is 79.3 Å². The van der Waals surface area contributed by atoms with E-state index in [0.29, 0.717) is 29.0 Å². The Hall–Kier alpha value is -4.54. The van der Waals surface area contributed by atoms with E-state index in [0.717, 1.165) is 52.0 Å². The van der Waals surface area contributed by atoms with Crippen molar-refractivity contribution < 1.29 is 13.6 Å². The van der Waals surface area contributed by atoms with Crippen LogP contribution in [0, 0.1) is 11.6 Å². The summed E-state index contributed by atoms with van der Waals surface area (Å²) in [6.45, 7) is 1.31. The summed E-state index contributed by atoms with van der Waals surface area (Å²) in [6, 6.07) is 20.0. The number of nitrogen functional groups attached to an aromatic ring is 1. The number of aromatic nitrogens is 2. The number of carbonyl (C=O) groups is 1. The maximum Gasteiger partial charge on any atom is 0.252 e. The highest BCUT2D eigenvalue weighted by molar-refractivity contribution is 7.98. The third-order valence-corrected chi connectivity index (χ3v) is 7.83. The van der Waals surface area contributed by atoms with Crippen LogP contribution in [0.1, 0.15) is 15.9 Å². The summed E-state index contributed by atoms with van der Waals surface area (Å²) in [4.78, 5) is 34.5. The highest BCUT2D eigenvalue weighted by atomic mass is 32.2. The van der Waals surface area contributed by atoms with Crippen LogP contribution >= 0.6 is 11.8 Å². The minimum Gasteiger partial charge on any atom is -0.383 e. The Bertz CT molecular complexity index is 1820. The summed E-state index contributed by atoms with van der Waals surface area (Å²) in [5.74, 6) is -0.870. The lowest BCUT2D eigenvalue weighted by Gasteiger charge is -2.12. The second kappa shape index (κ2) is 12.5. The molecule has 0 saturated heterocycles. The van der Waals surface area contributed by atoms with E-state index in [1.54, 1.807) is 24.4 Å². The molecule has 0 fully saturated rings. The molecule has 10 heteroatoms. The van der Waals surface area contributed by atoms with E-state index in [-0.39, 0.29) is 22.1 Å². The number of hydrogen-bond acceptors (Lipinski definition) is 6. The van der Waals surface area contributed by atoms with Crippen LogP contribution in [-0.2, 0) is 5.75 Å². The quantitative estimate of drug-likeness (QED) is 0.192. The molecule has 7 nitrogen and oxygen atoms in total. The van der Waals surface area contributed by atoms with Crippen LogP contribution < -0.4 is 16.6 Å². The number of fused-ring (bicyclic) bond motifs is 1. The topological polar surface area (TPSA) is 104 Å². The van der Waals surface area contributed by atoms with Crippen molar-refractivity contribution in [2.24, 2.45) is 0 Å². The highest BCUT2D eigenvalue weighted by Gasteiger charge is 2.12. The number of H-pyrrole nitrogens is 1. The van der Waals surface area contributed by atoms with E-state index >= 15 is 0 Å². The normalized spacial score (nSPS) is 11.3. The van der Waals surface area contributed by atoms with Gasteiger partial charge in [-0.15, -0.1) is 11.8 Å². The van der Waals surface area contributed by atoms with E-state index in [4.69, 9.17) is 5.73 Å². The van der Waals surface area contributed by atoms with E-state index in [1.807, 2.05) is 55.4 Å². The third kappa shape index (κ3) is 6.67. The van der Waals surface area contributed by atoms with E-state index < -0.39 is 11.6 Å². The number of nitrogens with one attached hydrogen (secondary N) is 2. The lowest BCUT2D eigenvalue weighted by Crippen LogP contribution is -2.31. The van der Waals surface area contributed by atoms with E-state index in [1.165, 1.54) is 12.1 Å². The first-order valence-electron chi connectivity index (χ1n) is 13.2. The smallest absolute Gasteiger partial charge is 0.252 e. The third-order valence-electron chi connectivity index (χ3n) is 6.74. The summed E-state index contributed by atoms with van der Waals surface area (Å²) in [6.07, 6.45) is 1.63. The fourth-order valence-corrected chi connectivity index (χ4v) is 5.34. The molecule has 214 valence electrons. The standard InChI is InChI=1S/C32H29F2N5O2S/c1-39(2)12-11-36-31(40)20-5-3-19(4-6-20)26-15-22-13-21(7-9-28(22)38-30(26)35)23-14-24(32(41)37-17-23)18-42-29-10-8-25(33)16-27(29)34/h3-10,13-17H,11-12,18H2,1-2H3,(H2,35,38)(H,36,40)(H,37,41). The van der Waals surface area contributed by atoms with Crippen molar-refractivity contribution in [1.82, 2.24) is 20.2 Å². The monoisotopic (exact) mass is 585 g/mol. The average Bonchev–Trinajstić information content (AvgIpc) is 2.97. The summed E-state index contributed by atoms with van der Waals surface area (Å²) < 4.78 is 27.3. The van der Waals surface area contributed by atoms with Crippen LogP contribution in [-0.4, -0.2) is 48.0 Å². The van der Waals surface area contributed by atoms with Crippen LogP contribution in [0.15, 0.2) is 88.7 Å². The summed E-state index contributed by atoms with van der Waals surface area (Å²) in [7, 11) is 3.90. The summed E-state index contributed by atoms with van der Waals surface area (Å²) >= 11 is 1.13. The molecule has 5 rings (SSSR count). The molecule has 42 heavy (non-hydrogen) atoms. The zero-order chi connectivity index (χ0) is 29.8. The number of halogens is 2. The lowest BCUT2D eigenvalue weighted by molar-refractivity contribution is 0.0951. The van der Waals surface area contributed by atoms with Gasteiger partial charge >= 0.3 is 0 Å². The maximum absolute atomic E-state index is 14.1. The molecule has 1 amide bonds. The Morgan fingerprint density at radius 1 is 0.976 bits per heavy atom. The number of benzene rings is 3. The second-order valence-electron chi connectivity index (χ2n) is 10.1. The Labute approximate surface area is 245 Å². The second-order valence-corrected chi connectivity index (χ2v) is 11.1. The van der Waals surface area contributed by atoms with Crippen molar-refractivity contribution in [3.63, 3.8) is 0 Å². The number of pyridine rings is 2. The van der Waals surface area contributed by atoms with Crippen molar-refractivity contribution in [3.8, 4) is 22.3 Å². The molecule has 0 aliphatic rings. The van der Waals surface area contributed by atoms with Crippen LogP contribution in [0.2, 0.25) is 0 Å². The number of rotatable bonds is 9. The minimum atomic E-state index is -0.664. The van der Waals surface area contributed by atoms with Crippen molar-refractivity contribution >= 4 is 34.4 Å². The van der Waals surface area contributed by atoms with Gasteiger partial charge in [-0.1, -0.05) is 18.2 Å². The number of carbonyl (C=O) groups excluding carboxylic acids is 1. The molecule has 3 aromatic carbocycles. The zero-order valence-corrected chi connectivity index (χ0v) is 23.9. The zero-order valence-electron chi connectivity index (χ0n) is 23.1. The number of likely N-dealkylation sites (N-methyl/N-ethyl adjacent to an activating group) is 1. The molecule has 5 aromatic rings. The minimum absolute atomic E-state index is 0.140. The molecular weight excluding hydrogens is 556 g/mol. The predicted molar refractivity (Wildman–Crippen MR) is 164 cm³/mol. The van der Waals surface area contributed by atoms with E-state index in [9.17, 15) is 18.4 Å².